The first-order chi connectivity index (χ1) is 12.0. The summed E-state index contributed by atoms with van der Waals surface area (Å²) in [6.07, 6.45) is 6.67. The number of hydrogen-bond donors (Lipinski definition) is 0. The molecule has 0 saturated heterocycles. The van der Waals surface area contributed by atoms with Gasteiger partial charge in [-0.25, -0.2) is 4.39 Å². The van der Waals surface area contributed by atoms with Gasteiger partial charge in [-0.15, -0.1) is 6.58 Å². The van der Waals surface area contributed by atoms with Crippen molar-refractivity contribution in [2.75, 3.05) is 0 Å². The van der Waals surface area contributed by atoms with Gasteiger partial charge in [-0.2, -0.15) is 8.78 Å². The second-order valence-electron chi connectivity index (χ2n) is 6.73. The fourth-order valence-electron chi connectivity index (χ4n) is 3.87. The third kappa shape index (κ3) is 3.68. The molecule has 4 heteroatoms. The molecule has 0 atom stereocenters. The SMILES string of the molecule is C=CC1CCC(c2ccc3c(F)c(CC)c(OC(F)F)cc3c2)CC1. The molecule has 0 spiro atoms. The van der Waals surface area contributed by atoms with Gasteiger partial charge >= 0.3 is 6.61 Å². The van der Waals surface area contributed by atoms with Crippen LogP contribution in [-0.4, -0.2) is 6.61 Å². The quantitative estimate of drug-likeness (QED) is 0.553. The average molecular weight is 348 g/mol. The standard InChI is InChI=1S/C21H23F3O/c1-3-13-5-7-14(8-6-13)15-9-10-18-16(11-15)12-19(25-21(23)24)17(4-2)20(18)22/h3,9-14,21H,1,4-8H2,2H3. The smallest absolute Gasteiger partial charge is 0.387 e. The van der Waals surface area contributed by atoms with Crippen molar-refractivity contribution in [3.8, 4) is 5.75 Å². The molecule has 0 aromatic heterocycles. The van der Waals surface area contributed by atoms with Crippen LogP contribution < -0.4 is 4.74 Å². The lowest BCUT2D eigenvalue weighted by Gasteiger charge is -2.27. The first-order valence-electron chi connectivity index (χ1n) is 8.85. The Kier molecular flexibility index (Phi) is 5.36. The van der Waals surface area contributed by atoms with Crippen LogP contribution in [0.1, 0.15) is 49.7 Å². The highest BCUT2D eigenvalue weighted by atomic mass is 19.3. The summed E-state index contributed by atoms with van der Waals surface area (Å²) in [5, 5.41) is 1.08. The molecule has 3 rings (SSSR count). The molecule has 1 aliphatic rings. The number of rotatable bonds is 5. The minimum Gasteiger partial charge on any atom is -0.434 e. The van der Waals surface area contributed by atoms with Crippen molar-refractivity contribution < 1.29 is 17.9 Å². The molecule has 1 fully saturated rings. The molecule has 0 unspecified atom stereocenters. The van der Waals surface area contributed by atoms with E-state index in [1.165, 1.54) is 0 Å². The van der Waals surface area contributed by atoms with Gasteiger partial charge in [-0.3, -0.25) is 0 Å². The molecule has 0 N–H and O–H groups in total. The van der Waals surface area contributed by atoms with Crippen LogP contribution in [0, 0.1) is 11.7 Å². The van der Waals surface area contributed by atoms with Gasteiger partial charge in [0.05, 0.1) is 0 Å². The fourth-order valence-corrected chi connectivity index (χ4v) is 3.87. The lowest BCUT2D eigenvalue weighted by atomic mass is 9.78. The highest BCUT2D eigenvalue weighted by molar-refractivity contribution is 5.86. The van der Waals surface area contributed by atoms with Crippen molar-refractivity contribution >= 4 is 10.8 Å². The molecular weight excluding hydrogens is 325 g/mol. The van der Waals surface area contributed by atoms with Gasteiger partial charge in [0.25, 0.3) is 0 Å². The van der Waals surface area contributed by atoms with Crippen molar-refractivity contribution in [3.05, 3.63) is 53.9 Å². The Morgan fingerprint density at radius 2 is 1.92 bits per heavy atom. The number of fused-ring (bicyclic) bond motifs is 1. The van der Waals surface area contributed by atoms with Gasteiger partial charge in [0, 0.05) is 10.9 Å². The lowest BCUT2D eigenvalue weighted by Crippen LogP contribution is -2.11. The number of hydrogen-bond acceptors (Lipinski definition) is 1. The summed E-state index contributed by atoms with van der Waals surface area (Å²) in [4.78, 5) is 0. The first-order valence-corrected chi connectivity index (χ1v) is 8.85. The van der Waals surface area contributed by atoms with Crippen molar-refractivity contribution in [2.24, 2.45) is 5.92 Å². The van der Waals surface area contributed by atoms with Gasteiger partial charge in [0.2, 0.25) is 0 Å². The van der Waals surface area contributed by atoms with E-state index < -0.39 is 12.4 Å². The van der Waals surface area contributed by atoms with Gasteiger partial charge in [0.15, 0.2) is 0 Å². The molecule has 1 nitrogen and oxygen atoms in total. The van der Waals surface area contributed by atoms with Crippen LogP contribution >= 0.6 is 0 Å². The van der Waals surface area contributed by atoms with E-state index in [4.69, 9.17) is 0 Å². The Hall–Kier alpha value is -1.97. The molecule has 0 amide bonds. The molecule has 2 aromatic rings. The lowest BCUT2D eigenvalue weighted by molar-refractivity contribution is -0.0504. The van der Waals surface area contributed by atoms with Crippen molar-refractivity contribution in [2.45, 2.75) is 51.6 Å². The summed E-state index contributed by atoms with van der Waals surface area (Å²) < 4.78 is 44.6. The summed E-state index contributed by atoms with van der Waals surface area (Å²) in [6, 6.07) is 7.21. The number of allylic oxidation sites excluding steroid dienone is 1. The van der Waals surface area contributed by atoms with Crippen LogP contribution in [-0.2, 0) is 6.42 Å². The Morgan fingerprint density at radius 1 is 1.20 bits per heavy atom. The summed E-state index contributed by atoms with van der Waals surface area (Å²) in [5.41, 5.74) is 1.34. The molecule has 0 bridgehead atoms. The molecule has 0 heterocycles. The van der Waals surface area contributed by atoms with E-state index in [-0.39, 0.29) is 11.3 Å². The molecule has 25 heavy (non-hydrogen) atoms. The highest BCUT2D eigenvalue weighted by Gasteiger charge is 2.22. The van der Waals surface area contributed by atoms with E-state index in [9.17, 15) is 13.2 Å². The Bertz CT molecular complexity index is 761. The number of halogens is 3. The Labute approximate surface area is 146 Å². The topological polar surface area (TPSA) is 9.23 Å². The molecule has 0 radical (unpaired) electrons. The van der Waals surface area contributed by atoms with Crippen molar-refractivity contribution in [1.82, 2.24) is 0 Å². The summed E-state index contributed by atoms with van der Waals surface area (Å²) in [7, 11) is 0. The maximum atomic E-state index is 14.7. The fraction of sp³-hybridized carbons (Fsp3) is 0.429. The normalized spacial score (nSPS) is 20.8. The molecule has 2 aromatic carbocycles. The largest absolute Gasteiger partial charge is 0.434 e. The minimum atomic E-state index is -2.96. The first kappa shape index (κ1) is 17.8. The van der Waals surface area contributed by atoms with Crippen LogP contribution in [0.3, 0.4) is 0 Å². The van der Waals surface area contributed by atoms with Crippen molar-refractivity contribution in [1.29, 1.82) is 0 Å². The molecule has 134 valence electrons. The van der Waals surface area contributed by atoms with Crippen molar-refractivity contribution in [3.63, 3.8) is 0 Å². The van der Waals surface area contributed by atoms with Gasteiger partial charge in [-0.1, -0.05) is 31.2 Å². The zero-order chi connectivity index (χ0) is 18.0. The summed E-state index contributed by atoms with van der Waals surface area (Å²) in [6.45, 7) is 2.64. The average Bonchev–Trinajstić information content (AvgIpc) is 2.61. The Morgan fingerprint density at radius 3 is 2.52 bits per heavy atom. The van der Waals surface area contributed by atoms with E-state index in [1.807, 2.05) is 18.2 Å². The number of alkyl halides is 2. The van der Waals surface area contributed by atoms with E-state index in [0.717, 1.165) is 31.2 Å². The van der Waals surface area contributed by atoms with Gasteiger partial charge < -0.3 is 4.74 Å². The third-order valence-electron chi connectivity index (χ3n) is 5.31. The predicted octanol–water partition coefficient (Wildman–Crippen LogP) is 6.60. The second kappa shape index (κ2) is 7.51. The van der Waals surface area contributed by atoms with Gasteiger partial charge in [-0.05, 0) is 61.0 Å². The van der Waals surface area contributed by atoms with E-state index in [1.54, 1.807) is 19.1 Å². The molecule has 1 saturated carbocycles. The zero-order valence-corrected chi connectivity index (χ0v) is 14.4. The molecular formula is C21H23F3O. The third-order valence-corrected chi connectivity index (χ3v) is 5.31. The van der Waals surface area contributed by atoms with Crippen LogP contribution in [0.4, 0.5) is 13.2 Å². The minimum absolute atomic E-state index is 0.0602. The summed E-state index contributed by atoms with van der Waals surface area (Å²) >= 11 is 0. The monoisotopic (exact) mass is 348 g/mol. The zero-order valence-electron chi connectivity index (χ0n) is 14.4. The Balaban J connectivity index is 1.97. The maximum Gasteiger partial charge on any atom is 0.387 e. The van der Waals surface area contributed by atoms with E-state index in [0.29, 0.717) is 29.0 Å². The van der Waals surface area contributed by atoms with Crippen LogP contribution in [0.5, 0.6) is 5.75 Å². The van der Waals surface area contributed by atoms with E-state index >= 15 is 0 Å². The highest BCUT2D eigenvalue weighted by Crippen LogP contribution is 2.38. The molecule has 1 aliphatic carbocycles. The predicted molar refractivity (Wildman–Crippen MR) is 94.8 cm³/mol. The number of benzene rings is 2. The van der Waals surface area contributed by atoms with Crippen LogP contribution in [0.25, 0.3) is 10.8 Å². The summed E-state index contributed by atoms with van der Waals surface area (Å²) in [5.74, 6) is 0.480. The van der Waals surface area contributed by atoms with E-state index in [2.05, 4.69) is 11.3 Å². The second-order valence-corrected chi connectivity index (χ2v) is 6.73. The van der Waals surface area contributed by atoms with Crippen LogP contribution in [0.2, 0.25) is 0 Å². The van der Waals surface area contributed by atoms with Crippen LogP contribution in [0.15, 0.2) is 36.9 Å². The number of ether oxygens (including phenoxy) is 1. The van der Waals surface area contributed by atoms with Gasteiger partial charge in [0.1, 0.15) is 11.6 Å². The molecule has 0 aliphatic heterocycles. The maximum absolute atomic E-state index is 14.7.